The molecule has 0 aromatic heterocycles. The standard InChI is InChI=1S/C17H29N3O/c1-4-5-6-11-19-12-8-10-15(16(19)18-3)17(21)20-13-7-9-14(20)2/h8,10,14,18H,4-7,9,11-13H2,1-3H3. The monoisotopic (exact) mass is 291 g/mol. The Morgan fingerprint density at radius 1 is 1.43 bits per heavy atom. The quantitative estimate of drug-likeness (QED) is 0.764. The van der Waals surface area contributed by atoms with Crippen molar-refractivity contribution in [1.29, 1.82) is 0 Å². The third-order valence-electron chi connectivity index (χ3n) is 4.49. The molecular formula is C17H29N3O. The fraction of sp³-hybridized carbons (Fsp3) is 0.706. The van der Waals surface area contributed by atoms with E-state index in [-0.39, 0.29) is 5.91 Å². The predicted octanol–water partition coefficient (Wildman–Crippen LogP) is 2.49. The smallest absolute Gasteiger partial charge is 0.257 e. The highest BCUT2D eigenvalue weighted by molar-refractivity contribution is 5.97. The Morgan fingerprint density at radius 3 is 2.86 bits per heavy atom. The fourth-order valence-corrected chi connectivity index (χ4v) is 3.25. The zero-order valence-electron chi connectivity index (χ0n) is 13.7. The first-order chi connectivity index (χ1) is 10.2. The van der Waals surface area contributed by atoms with Crippen LogP contribution in [0.3, 0.4) is 0 Å². The van der Waals surface area contributed by atoms with Crippen molar-refractivity contribution in [1.82, 2.24) is 15.1 Å². The Balaban J connectivity index is 2.13. The van der Waals surface area contributed by atoms with E-state index in [9.17, 15) is 4.79 Å². The van der Waals surface area contributed by atoms with Gasteiger partial charge in [0, 0.05) is 32.7 Å². The van der Waals surface area contributed by atoms with E-state index in [1.165, 1.54) is 19.3 Å². The summed E-state index contributed by atoms with van der Waals surface area (Å²) >= 11 is 0. The average molecular weight is 291 g/mol. The Hall–Kier alpha value is -1.45. The molecule has 1 unspecified atom stereocenters. The van der Waals surface area contributed by atoms with E-state index in [1.54, 1.807) is 0 Å². The molecular weight excluding hydrogens is 262 g/mol. The van der Waals surface area contributed by atoms with E-state index in [2.05, 4.69) is 30.1 Å². The summed E-state index contributed by atoms with van der Waals surface area (Å²) < 4.78 is 0. The maximum absolute atomic E-state index is 12.8. The number of carbonyl (C=O) groups excluding carboxylic acids is 1. The van der Waals surface area contributed by atoms with Gasteiger partial charge in [-0.05, 0) is 32.3 Å². The largest absolute Gasteiger partial charge is 0.374 e. The summed E-state index contributed by atoms with van der Waals surface area (Å²) in [6.45, 7) is 7.17. The Labute approximate surface area is 128 Å². The second-order valence-corrected chi connectivity index (χ2v) is 6.06. The van der Waals surface area contributed by atoms with E-state index in [0.29, 0.717) is 6.04 Å². The molecule has 118 valence electrons. The lowest BCUT2D eigenvalue weighted by Crippen LogP contribution is -2.40. The Morgan fingerprint density at radius 2 is 2.24 bits per heavy atom. The van der Waals surface area contributed by atoms with Crippen molar-refractivity contribution in [2.75, 3.05) is 26.7 Å². The van der Waals surface area contributed by atoms with Crippen LogP contribution in [-0.4, -0.2) is 48.4 Å². The number of unbranched alkanes of at least 4 members (excludes halogenated alkanes) is 2. The van der Waals surface area contributed by atoms with Gasteiger partial charge in [-0.25, -0.2) is 0 Å². The molecule has 21 heavy (non-hydrogen) atoms. The maximum Gasteiger partial charge on any atom is 0.257 e. The van der Waals surface area contributed by atoms with Gasteiger partial charge in [0.15, 0.2) is 0 Å². The van der Waals surface area contributed by atoms with E-state index < -0.39 is 0 Å². The van der Waals surface area contributed by atoms with E-state index >= 15 is 0 Å². The third kappa shape index (κ3) is 3.60. The van der Waals surface area contributed by atoms with Gasteiger partial charge in [-0.1, -0.05) is 25.8 Å². The highest BCUT2D eigenvalue weighted by Crippen LogP contribution is 2.23. The molecule has 0 saturated carbocycles. The summed E-state index contributed by atoms with van der Waals surface area (Å²) in [5, 5.41) is 3.26. The molecule has 1 N–H and O–H groups in total. The minimum Gasteiger partial charge on any atom is -0.374 e. The molecule has 4 nitrogen and oxygen atoms in total. The molecule has 1 atom stereocenters. The molecule has 2 heterocycles. The van der Waals surface area contributed by atoms with Crippen LogP contribution in [0.4, 0.5) is 0 Å². The SMILES string of the molecule is CCCCCN1CC=CC(C(=O)N2CCCC2C)=C1NC. The molecule has 0 aromatic rings. The summed E-state index contributed by atoms with van der Waals surface area (Å²) in [5.74, 6) is 1.18. The van der Waals surface area contributed by atoms with Crippen LogP contribution in [0.1, 0.15) is 46.0 Å². The summed E-state index contributed by atoms with van der Waals surface area (Å²) in [5.41, 5.74) is 0.828. The molecule has 2 aliphatic heterocycles. The number of nitrogens with one attached hydrogen (secondary N) is 1. The summed E-state index contributed by atoms with van der Waals surface area (Å²) in [6, 6.07) is 0.368. The number of amides is 1. The number of rotatable bonds is 6. The minimum atomic E-state index is 0.181. The average Bonchev–Trinajstić information content (AvgIpc) is 2.92. The lowest BCUT2D eigenvalue weighted by molar-refractivity contribution is -0.127. The number of nitrogens with zero attached hydrogens (tertiary/aromatic N) is 2. The van der Waals surface area contributed by atoms with E-state index in [4.69, 9.17) is 0 Å². The molecule has 4 heteroatoms. The van der Waals surface area contributed by atoms with Crippen molar-refractivity contribution in [3.8, 4) is 0 Å². The highest BCUT2D eigenvalue weighted by Gasteiger charge is 2.30. The molecule has 0 spiro atoms. The van der Waals surface area contributed by atoms with Crippen LogP contribution in [0, 0.1) is 0 Å². The Kier molecular flexibility index (Phi) is 5.71. The fourth-order valence-electron chi connectivity index (χ4n) is 3.25. The second-order valence-electron chi connectivity index (χ2n) is 6.06. The van der Waals surface area contributed by atoms with Gasteiger partial charge in [0.2, 0.25) is 0 Å². The van der Waals surface area contributed by atoms with E-state index in [1.807, 2.05) is 18.0 Å². The van der Waals surface area contributed by atoms with Crippen LogP contribution in [0.15, 0.2) is 23.5 Å². The van der Waals surface area contributed by atoms with Crippen molar-refractivity contribution >= 4 is 5.91 Å². The van der Waals surface area contributed by atoms with Crippen LogP contribution >= 0.6 is 0 Å². The summed E-state index contributed by atoms with van der Waals surface area (Å²) in [4.78, 5) is 17.1. The first-order valence-corrected chi connectivity index (χ1v) is 8.33. The first-order valence-electron chi connectivity index (χ1n) is 8.33. The summed E-state index contributed by atoms with van der Waals surface area (Å²) in [6.07, 6.45) is 9.99. The molecule has 2 rings (SSSR count). The zero-order chi connectivity index (χ0) is 15.2. The third-order valence-corrected chi connectivity index (χ3v) is 4.49. The van der Waals surface area contributed by atoms with Crippen molar-refractivity contribution in [3.63, 3.8) is 0 Å². The number of carbonyl (C=O) groups is 1. The molecule has 1 saturated heterocycles. The van der Waals surface area contributed by atoms with Crippen LogP contribution < -0.4 is 5.32 Å². The van der Waals surface area contributed by atoms with Crippen LogP contribution in [0.25, 0.3) is 0 Å². The van der Waals surface area contributed by atoms with Crippen LogP contribution in [0.2, 0.25) is 0 Å². The lowest BCUT2D eigenvalue weighted by Gasteiger charge is -2.32. The number of hydrogen-bond donors (Lipinski definition) is 1. The van der Waals surface area contributed by atoms with Crippen molar-refractivity contribution in [2.45, 2.75) is 52.0 Å². The number of likely N-dealkylation sites (tertiary alicyclic amines) is 1. The molecule has 0 aliphatic carbocycles. The van der Waals surface area contributed by atoms with Gasteiger partial charge < -0.3 is 15.1 Å². The van der Waals surface area contributed by atoms with E-state index in [0.717, 1.165) is 43.9 Å². The molecule has 0 radical (unpaired) electrons. The van der Waals surface area contributed by atoms with Gasteiger partial charge in [-0.15, -0.1) is 0 Å². The van der Waals surface area contributed by atoms with Gasteiger partial charge in [-0.3, -0.25) is 4.79 Å². The minimum absolute atomic E-state index is 0.181. The van der Waals surface area contributed by atoms with Crippen molar-refractivity contribution < 1.29 is 4.79 Å². The molecule has 0 bridgehead atoms. The highest BCUT2D eigenvalue weighted by atomic mass is 16.2. The lowest BCUT2D eigenvalue weighted by atomic mass is 10.1. The van der Waals surface area contributed by atoms with Crippen molar-refractivity contribution in [3.05, 3.63) is 23.5 Å². The first kappa shape index (κ1) is 15.9. The summed E-state index contributed by atoms with van der Waals surface area (Å²) in [7, 11) is 1.92. The normalized spacial score (nSPS) is 22.1. The topological polar surface area (TPSA) is 35.6 Å². The van der Waals surface area contributed by atoms with Crippen LogP contribution in [0.5, 0.6) is 0 Å². The van der Waals surface area contributed by atoms with Gasteiger partial charge >= 0.3 is 0 Å². The zero-order valence-corrected chi connectivity index (χ0v) is 13.7. The molecule has 1 fully saturated rings. The molecule has 1 amide bonds. The second kappa shape index (κ2) is 7.53. The van der Waals surface area contributed by atoms with Crippen molar-refractivity contribution in [2.24, 2.45) is 0 Å². The Bertz CT molecular complexity index is 428. The van der Waals surface area contributed by atoms with Gasteiger partial charge in [-0.2, -0.15) is 0 Å². The number of hydrogen-bond acceptors (Lipinski definition) is 3. The predicted molar refractivity (Wildman–Crippen MR) is 86.7 cm³/mol. The van der Waals surface area contributed by atoms with Gasteiger partial charge in [0.1, 0.15) is 5.82 Å². The van der Waals surface area contributed by atoms with Gasteiger partial charge in [0.05, 0.1) is 5.57 Å². The van der Waals surface area contributed by atoms with Gasteiger partial charge in [0.25, 0.3) is 5.91 Å². The molecule has 0 aromatic carbocycles. The molecule has 2 aliphatic rings. The maximum atomic E-state index is 12.8. The van der Waals surface area contributed by atoms with Crippen LogP contribution in [-0.2, 0) is 4.79 Å².